The van der Waals surface area contributed by atoms with E-state index < -0.39 is 24.1 Å². The van der Waals surface area contributed by atoms with Crippen molar-refractivity contribution in [3.63, 3.8) is 0 Å². The molecular weight excluding hydrogens is 344 g/mol. The largest absolute Gasteiger partial charge is 0.462 e. The van der Waals surface area contributed by atoms with Gasteiger partial charge in [0.2, 0.25) is 5.91 Å². The number of thioether (sulfide) groups is 1. The molecule has 3 N–H and O–H groups in total. The third-order valence-corrected chi connectivity index (χ3v) is 4.51. The summed E-state index contributed by atoms with van der Waals surface area (Å²) < 4.78 is 9.95. The average molecular weight is 377 g/mol. The van der Waals surface area contributed by atoms with E-state index in [0.29, 0.717) is 17.4 Å². The first-order valence-corrected chi connectivity index (χ1v) is 9.71. The van der Waals surface area contributed by atoms with Crippen LogP contribution < -0.4 is 11.1 Å². The lowest BCUT2D eigenvalue weighted by Gasteiger charge is -2.19. The van der Waals surface area contributed by atoms with E-state index in [2.05, 4.69) is 19.2 Å². The Kier molecular flexibility index (Phi) is 12.3. The van der Waals surface area contributed by atoms with Gasteiger partial charge in [-0.15, -0.1) is 0 Å². The fraction of sp³-hybridized carbons (Fsp3) is 0.824. The lowest BCUT2D eigenvalue weighted by molar-refractivity contribution is -0.154. The number of carbonyl (C=O) groups is 3. The van der Waals surface area contributed by atoms with Crippen molar-refractivity contribution in [1.29, 1.82) is 0 Å². The van der Waals surface area contributed by atoms with Crippen molar-refractivity contribution in [2.24, 2.45) is 11.7 Å². The standard InChI is InChI=1S/C17H32N2O5S/c1-11(2)6-7-12(3)19-17(22)16(18)10-25-9-15(24-14(5)21)8-23-13(4)20/h11-12,15-16H,6-10,18H2,1-5H3,(H,19,22). The number of ether oxygens (including phenoxy) is 2. The molecule has 0 bridgehead atoms. The van der Waals surface area contributed by atoms with Crippen molar-refractivity contribution in [3.05, 3.63) is 0 Å². The molecule has 0 fully saturated rings. The highest BCUT2D eigenvalue weighted by Crippen LogP contribution is 2.10. The van der Waals surface area contributed by atoms with Crippen LogP contribution in [0.1, 0.15) is 47.5 Å². The molecule has 1 amide bonds. The Hall–Kier alpha value is -1.28. The van der Waals surface area contributed by atoms with E-state index >= 15 is 0 Å². The monoisotopic (exact) mass is 376 g/mol. The van der Waals surface area contributed by atoms with Crippen LogP contribution in [0, 0.1) is 5.92 Å². The molecule has 3 atom stereocenters. The lowest BCUT2D eigenvalue weighted by atomic mass is 10.0. The highest BCUT2D eigenvalue weighted by molar-refractivity contribution is 7.99. The van der Waals surface area contributed by atoms with Gasteiger partial charge < -0.3 is 20.5 Å². The van der Waals surface area contributed by atoms with E-state index in [4.69, 9.17) is 15.2 Å². The quantitative estimate of drug-likeness (QED) is 0.497. The number of esters is 2. The molecule has 3 unspecified atom stereocenters. The summed E-state index contributed by atoms with van der Waals surface area (Å²) in [6.45, 7) is 8.84. The van der Waals surface area contributed by atoms with Crippen molar-refractivity contribution >= 4 is 29.6 Å². The fourth-order valence-corrected chi connectivity index (χ4v) is 2.94. The number of amides is 1. The van der Waals surface area contributed by atoms with E-state index in [1.807, 2.05) is 6.92 Å². The van der Waals surface area contributed by atoms with Gasteiger partial charge in [-0.3, -0.25) is 14.4 Å². The van der Waals surface area contributed by atoms with Crippen LogP contribution in [0.4, 0.5) is 0 Å². The number of hydrogen-bond acceptors (Lipinski definition) is 7. The Morgan fingerprint density at radius 3 is 2.20 bits per heavy atom. The van der Waals surface area contributed by atoms with Crippen LogP contribution in [0.2, 0.25) is 0 Å². The van der Waals surface area contributed by atoms with E-state index in [9.17, 15) is 14.4 Å². The second-order valence-corrected chi connectivity index (χ2v) is 7.63. The van der Waals surface area contributed by atoms with Gasteiger partial charge in [0, 0.05) is 31.4 Å². The van der Waals surface area contributed by atoms with Crippen LogP contribution in [0.5, 0.6) is 0 Å². The van der Waals surface area contributed by atoms with E-state index in [-0.39, 0.29) is 18.6 Å². The molecule has 0 saturated carbocycles. The van der Waals surface area contributed by atoms with Crippen LogP contribution in [-0.4, -0.2) is 54.1 Å². The number of hydrogen-bond donors (Lipinski definition) is 2. The molecule has 0 aromatic heterocycles. The Balaban J connectivity index is 4.17. The van der Waals surface area contributed by atoms with Crippen molar-refractivity contribution in [3.8, 4) is 0 Å². The number of rotatable bonds is 12. The van der Waals surface area contributed by atoms with Gasteiger partial charge in [0.05, 0.1) is 6.04 Å². The molecule has 7 nitrogen and oxygen atoms in total. The van der Waals surface area contributed by atoms with Gasteiger partial charge in [-0.05, 0) is 25.7 Å². The SMILES string of the molecule is CC(=O)OCC(CSCC(N)C(=O)NC(C)CCC(C)C)OC(C)=O. The smallest absolute Gasteiger partial charge is 0.303 e. The first-order chi connectivity index (χ1) is 11.6. The highest BCUT2D eigenvalue weighted by atomic mass is 32.2. The molecular formula is C17H32N2O5S. The minimum Gasteiger partial charge on any atom is -0.462 e. The molecule has 25 heavy (non-hydrogen) atoms. The lowest BCUT2D eigenvalue weighted by Crippen LogP contribution is -2.46. The van der Waals surface area contributed by atoms with Crippen LogP contribution in [-0.2, 0) is 23.9 Å². The second kappa shape index (κ2) is 13.0. The topological polar surface area (TPSA) is 108 Å². The summed E-state index contributed by atoms with van der Waals surface area (Å²) in [5.74, 6) is 0.316. The van der Waals surface area contributed by atoms with Crippen molar-refractivity contribution in [2.45, 2.75) is 65.6 Å². The summed E-state index contributed by atoms with van der Waals surface area (Å²) in [6, 6.07) is -0.554. The summed E-state index contributed by atoms with van der Waals surface area (Å²) in [5.41, 5.74) is 5.91. The molecule has 0 rings (SSSR count). The van der Waals surface area contributed by atoms with Gasteiger partial charge in [-0.2, -0.15) is 11.8 Å². The van der Waals surface area contributed by atoms with Gasteiger partial charge in [0.25, 0.3) is 0 Å². The summed E-state index contributed by atoms with van der Waals surface area (Å²) in [4.78, 5) is 34.0. The summed E-state index contributed by atoms with van der Waals surface area (Å²) in [7, 11) is 0. The molecule has 0 aliphatic carbocycles. The normalized spacial score (nSPS) is 14.5. The zero-order chi connectivity index (χ0) is 19.4. The second-order valence-electron chi connectivity index (χ2n) is 6.56. The van der Waals surface area contributed by atoms with Crippen LogP contribution in [0.25, 0.3) is 0 Å². The van der Waals surface area contributed by atoms with Gasteiger partial charge >= 0.3 is 11.9 Å². The molecule has 0 aromatic rings. The van der Waals surface area contributed by atoms with Gasteiger partial charge in [-0.1, -0.05) is 13.8 Å². The van der Waals surface area contributed by atoms with Crippen LogP contribution >= 0.6 is 11.8 Å². The maximum Gasteiger partial charge on any atom is 0.303 e. The minimum atomic E-state index is -0.641. The molecule has 0 saturated heterocycles. The van der Waals surface area contributed by atoms with Gasteiger partial charge in [-0.25, -0.2) is 0 Å². The number of carbonyl (C=O) groups excluding carboxylic acids is 3. The fourth-order valence-electron chi connectivity index (χ4n) is 1.97. The zero-order valence-corrected chi connectivity index (χ0v) is 16.7. The third kappa shape index (κ3) is 13.7. The molecule has 0 radical (unpaired) electrons. The van der Waals surface area contributed by atoms with E-state index in [1.165, 1.54) is 25.6 Å². The molecule has 0 spiro atoms. The van der Waals surface area contributed by atoms with E-state index in [0.717, 1.165) is 12.8 Å². The molecule has 8 heteroatoms. The van der Waals surface area contributed by atoms with Crippen LogP contribution in [0.15, 0.2) is 0 Å². The van der Waals surface area contributed by atoms with Crippen molar-refractivity contribution < 1.29 is 23.9 Å². The summed E-state index contributed by atoms with van der Waals surface area (Å²) >= 11 is 1.38. The van der Waals surface area contributed by atoms with Gasteiger partial charge in [0.1, 0.15) is 12.7 Å². The number of nitrogens with two attached hydrogens (primary N) is 1. The first kappa shape index (κ1) is 23.7. The third-order valence-electron chi connectivity index (χ3n) is 3.31. The summed E-state index contributed by atoms with van der Waals surface area (Å²) in [6.07, 6.45) is 1.41. The average Bonchev–Trinajstić information content (AvgIpc) is 2.49. The van der Waals surface area contributed by atoms with Crippen molar-refractivity contribution in [1.82, 2.24) is 5.32 Å². The Bertz CT molecular complexity index is 431. The molecule has 146 valence electrons. The van der Waals surface area contributed by atoms with Gasteiger partial charge in [0.15, 0.2) is 0 Å². The minimum absolute atomic E-state index is 0.00438. The molecule has 0 aliphatic heterocycles. The summed E-state index contributed by atoms with van der Waals surface area (Å²) in [5, 5.41) is 2.91. The Morgan fingerprint density at radius 1 is 1.04 bits per heavy atom. The predicted octanol–water partition coefficient (Wildman–Crippen LogP) is 1.48. The Morgan fingerprint density at radius 2 is 1.68 bits per heavy atom. The first-order valence-electron chi connectivity index (χ1n) is 8.56. The highest BCUT2D eigenvalue weighted by Gasteiger charge is 2.19. The Labute approximate surface area is 154 Å². The van der Waals surface area contributed by atoms with E-state index in [1.54, 1.807) is 0 Å². The van der Waals surface area contributed by atoms with Crippen LogP contribution in [0.3, 0.4) is 0 Å². The maximum atomic E-state index is 12.1. The molecule has 0 aromatic carbocycles. The molecule has 0 aliphatic rings. The van der Waals surface area contributed by atoms with Crippen molar-refractivity contribution in [2.75, 3.05) is 18.1 Å². The number of nitrogens with one attached hydrogen (secondary N) is 1. The predicted molar refractivity (Wildman–Crippen MR) is 99.2 cm³/mol. The maximum absolute atomic E-state index is 12.1. The zero-order valence-electron chi connectivity index (χ0n) is 15.9. The molecule has 0 heterocycles.